The molecule has 0 saturated heterocycles. The highest BCUT2D eigenvalue weighted by atomic mass is 35.5. The van der Waals surface area contributed by atoms with Crippen LogP contribution < -0.4 is 5.46 Å². The molecule has 0 spiro atoms. The zero-order chi connectivity index (χ0) is 14.6. The van der Waals surface area contributed by atoms with Crippen LogP contribution in [0.4, 0.5) is 0 Å². The van der Waals surface area contributed by atoms with Gasteiger partial charge in [0.2, 0.25) is 0 Å². The van der Waals surface area contributed by atoms with Gasteiger partial charge in [-0.3, -0.25) is 0 Å². The minimum Gasteiger partial charge on any atom is -0.456 e. The maximum absolute atomic E-state index is 9.77. The quantitative estimate of drug-likeness (QED) is 0.531. The molecule has 1 aromatic heterocycles. The topological polar surface area (TPSA) is 53.6 Å². The van der Waals surface area contributed by atoms with Gasteiger partial charge in [0.25, 0.3) is 0 Å². The number of hydrogen-bond donors (Lipinski definition) is 2. The van der Waals surface area contributed by atoms with Crippen LogP contribution in [0.1, 0.15) is 0 Å². The van der Waals surface area contributed by atoms with Crippen molar-refractivity contribution in [2.45, 2.75) is 0 Å². The molecule has 3 aromatic carbocycles. The molecule has 0 unspecified atom stereocenters. The van der Waals surface area contributed by atoms with Gasteiger partial charge in [-0.25, -0.2) is 0 Å². The van der Waals surface area contributed by atoms with Crippen molar-refractivity contribution in [2.75, 3.05) is 0 Å². The number of furan rings is 1. The van der Waals surface area contributed by atoms with Gasteiger partial charge in [-0.15, -0.1) is 0 Å². The monoisotopic (exact) mass is 296 g/mol. The average Bonchev–Trinajstić information content (AvgIpc) is 2.81. The van der Waals surface area contributed by atoms with Crippen molar-refractivity contribution < 1.29 is 14.5 Å². The molecule has 0 aliphatic rings. The summed E-state index contributed by atoms with van der Waals surface area (Å²) >= 11 is 6.06. The summed E-state index contributed by atoms with van der Waals surface area (Å²) in [7, 11) is -1.60. The van der Waals surface area contributed by atoms with E-state index >= 15 is 0 Å². The van der Waals surface area contributed by atoms with Crippen molar-refractivity contribution in [1.29, 1.82) is 0 Å². The summed E-state index contributed by atoms with van der Waals surface area (Å²) in [6.07, 6.45) is 0. The molecule has 3 nitrogen and oxygen atoms in total. The normalized spacial score (nSPS) is 11.6. The van der Waals surface area contributed by atoms with Gasteiger partial charge < -0.3 is 14.5 Å². The SMILES string of the molecule is OB(O)c1c2ccccc2cc2c1oc1ccc(Cl)cc12. The number of benzene rings is 3. The molecule has 0 radical (unpaired) electrons. The highest BCUT2D eigenvalue weighted by molar-refractivity contribution is 6.65. The molecular formula is C16H10BClO3. The van der Waals surface area contributed by atoms with E-state index in [1.807, 2.05) is 36.4 Å². The molecule has 1 heterocycles. The highest BCUT2D eigenvalue weighted by Crippen LogP contribution is 2.32. The summed E-state index contributed by atoms with van der Waals surface area (Å²) in [6, 6.07) is 14.9. The van der Waals surface area contributed by atoms with Gasteiger partial charge in [0.1, 0.15) is 11.2 Å². The minimum atomic E-state index is -1.60. The Hall–Kier alpha value is -2.01. The van der Waals surface area contributed by atoms with Gasteiger partial charge in [-0.1, -0.05) is 35.9 Å². The van der Waals surface area contributed by atoms with Crippen molar-refractivity contribution >= 4 is 56.9 Å². The number of rotatable bonds is 1. The predicted molar refractivity (Wildman–Crippen MR) is 86.1 cm³/mol. The largest absolute Gasteiger partial charge is 0.492 e. The first-order chi connectivity index (χ1) is 10.1. The fourth-order valence-electron chi connectivity index (χ4n) is 2.83. The Labute approximate surface area is 125 Å². The van der Waals surface area contributed by atoms with E-state index < -0.39 is 7.12 Å². The zero-order valence-electron chi connectivity index (χ0n) is 10.9. The van der Waals surface area contributed by atoms with E-state index in [4.69, 9.17) is 16.0 Å². The number of hydrogen-bond acceptors (Lipinski definition) is 3. The first-order valence-corrected chi connectivity index (χ1v) is 6.92. The summed E-state index contributed by atoms with van der Waals surface area (Å²) in [5.41, 5.74) is 1.54. The molecule has 0 amide bonds. The molecule has 0 atom stereocenters. The minimum absolute atomic E-state index is 0.385. The van der Waals surface area contributed by atoms with Crippen LogP contribution in [0, 0.1) is 0 Å². The van der Waals surface area contributed by atoms with E-state index in [2.05, 4.69) is 0 Å². The molecule has 102 valence electrons. The van der Waals surface area contributed by atoms with Crippen LogP contribution in [0.25, 0.3) is 32.7 Å². The molecule has 4 rings (SSSR count). The molecule has 0 bridgehead atoms. The maximum Gasteiger partial charge on any atom is 0.492 e. The van der Waals surface area contributed by atoms with Crippen LogP contribution in [-0.4, -0.2) is 17.2 Å². The van der Waals surface area contributed by atoms with Crippen molar-refractivity contribution in [1.82, 2.24) is 0 Å². The fraction of sp³-hybridized carbons (Fsp3) is 0. The summed E-state index contributed by atoms with van der Waals surface area (Å²) in [5.74, 6) is 0. The Bertz CT molecular complexity index is 991. The second-order valence-electron chi connectivity index (χ2n) is 5.00. The van der Waals surface area contributed by atoms with Gasteiger partial charge in [0, 0.05) is 21.3 Å². The van der Waals surface area contributed by atoms with Crippen LogP contribution in [0.3, 0.4) is 0 Å². The van der Waals surface area contributed by atoms with E-state index in [0.717, 1.165) is 21.5 Å². The second-order valence-corrected chi connectivity index (χ2v) is 5.44. The zero-order valence-corrected chi connectivity index (χ0v) is 11.6. The Balaban J connectivity index is 2.29. The molecule has 4 aromatic rings. The number of halogens is 1. The van der Waals surface area contributed by atoms with Gasteiger partial charge in [-0.2, -0.15) is 0 Å². The molecule has 0 fully saturated rings. The summed E-state index contributed by atoms with van der Waals surface area (Å²) in [5, 5.41) is 23.5. The Kier molecular flexibility index (Phi) is 2.72. The third kappa shape index (κ3) is 1.84. The maximum atomic E-state index is 9.77. The lowest BCUT2D eigenvalue weighted by Crippen LogP contribution is -2.31. The lowest BCUT2D eigenvalue weighted by Gasteiger charge is -2.06. The van der Waals surface area contributed by atoms with Crippen molar-refractivity contribution in [3.8, 4) is 0 Å². The third-order valence-corrected chi connectivity index (χ3v) is 3.98. The fourth-order valence-corrected chi connectivity index (χ4v) is 3.01. The van der Waals surface area contributed by atoms with Gasteiger partial charge in [-0.05, 0) is 35.0 Å². The number of fused-ring (bicyclic) bond motifs is 4. The molecule has 0 aliphatic carbocycles. The highest BCUT2D eigenvalue weighted by Gasteiger charge is 2.22. The molecule has 0 aliphatic heterocycles. The first-order valence-electron chi connectivity index (χ1n) is 6.55. The average molecular weight is 297 g/mol. The molecule has 2 N–H and O–H groups in total. The van der Waals surface area contributed by atoms with Crippen molar-refractivity contribution in [3.63, 3.8) is 0 Å². The van der Waals surface area contributed by atoms with Gasteiger partial charge in [0.15, 0.2) is 0 Å². The van der Waals surface area contributed by atoms with E-state index in [0.29, 0.717) is 21.7 Å². The molecule has 0 saturated carbocycles. The standard InChI is InChI=1S/C16H10BClO3/c18-10-5-6-14-12(8-10)13-7-9-3-1-2-4-11(9)15(17(19)20)16(13)21-14/h1-8,19-20H. The van der Waals surface area contributed by atoms with E-state index in [9.17, 15) is 10.0 Å². The Morgan fingerprint density at radius 1 is 0.905 bits per heavy atom. The summed E-state index contributed by atoms with van der Waals surface area (Å²) in [6.45, 7) is 0. The smallest absolute Gasteiger partial charge is 0.456 e. The van der Waals surface area contributed by atoms with Crippen LogP contribution in [0.15, 0.2) is 52.9 Å². The van der Waals surface area contributed by atoms with Crippen LogP contribution >= 0.6 is 11.6 Å². The van der Waals surface area contributed by atoms with Gasteiger partial charge in [0.05, 0.1) is 0 Å². The lowest BCUT2D eigenvalue weighted by molar-refractivity contribution is 0.426. The van der Waals surface area contributed by atoms with Crippen LogP contribution in [0.5, 0.6) is 0 Å². The van der Waals surface area contributed by atoms with E-state index in [-0.39, 0.29) is 0 Å². The Morgan fingerprint density at radius 2 is 1.71 bits per heavy atom. The lowest BCUT2D eigenvalue weighted by atomic mass is 9.76. The van der Waals surface area contributed by atoms with Gasteiger partial charge >= 0.3 is 7.12 Å². The van der Waals surface area contributed by atoms with Crippen LogP contribution in [0.2, 0.25) is 5.02 Å². The van der Waals surface area contributed by atoms with E-state index in [1.54, 1.807) is 12.1 Å². The second kappa shape index (κ2) is 4.50. The summed E-state index contributed by atoms with van der Waals surface area (Å²) in [4.78, 5) is 0. The first kappa shape index (κ1) is 12.7. The van der Waals surface area contributed by atoms with E-state index in [1.165, 1.54) is 0 Å². The third-order valence-electron chi connectivity index (χ3n) is 3.74. The van der Waals surface area contributed by atoms with Crippen molar-refractivity contribution in [3.05, 3.63) is 53.6 Å². The Morgan fingerprint density at radius 3 is 2.52 bits per heavy atom. The molecule has 21 heavy (non-hydrogen) atoms. The molecular weight excluding hydrogens is 286 g/mol. The van der Waals surface area contributed by atoms with Crippen LogP contribution in [-0.2, 0) is 0 Å². The van der Waals surface area contributed by atoms with Crippen molar-refractivity contribution in [2.24, 2.45) is 0 Å². The summed E-state index contributed by atoms with van der Waals surface area (Å²) < 4.78 is 5.83. The predicted octanol–water partition coefficient (Wildman–Crippen LogP) is 3.07. The molecule has 5 heteroatoms.